The van der Waals surface area contributed by atoms with Crippen molar-refractivity contribution in [2.45, 2.75) is 13.0 Å². The topological polar surface area (TPSA) is 75.6 Å². The number of carbonyl (C=O) groups is 2. The van der Waals surface area contributed by atoms with Crippen molar-refractivity contribution in [2.24, 2.45) is 11.8 Å². The van der Waals surface area contributed by atoms with Crippen LogP contribution in [0.1, 0.15) is 6.42 Å². The highest BCUT2D eigenvalue weighted by molar-refractivity contribution is 5.98. The first kappa shape index (κ1) is 13.3. The first-order valence-electron chi connectivity index (χ1n) is 5.56. The summed E-state index contributed by atoms with van der Waals surface area (Å²) in [6.07, 6.45) is 0.327. The summed E-state index contributed by atoms with van der Waals surface area (Å²) >= 11 is 0. The summed E-state index contributed by atoms with van der Waals surface area (Å²) in [4.78, 5) is 22.2. The second-order valence-corrected chi connectivity index (χ2v) is 4.18. The Morgan fingerprint density at radius 1 is 1.26 bits per heavy atom. The van der Waals surface area contributed by atoms with Gasteiger partial charge in [0.1, 0.15) is 5.75 Å². The van der Waals surface area contributed by atoms with E-state index < -0.39 is 24.4 Å². The van der Waals surface area contributed by atoms with E-state index in [4.69, 9.17) is 5.11 Å². The van der Waals surface area contributed by atoms with Crippen LogP contribution in [-0.4, -0.2) is 23.6 Å². The zero-order valence-electron chi connectivity index (χ0n) is 9.68. The number of aliphatic carboxylic acids is 1. The molecule has 1 amide bonds. The van der Waals surface area contributed by atoms with E-state index in [-0.39, 0.29) is 11.7 Å². The molecule has 0 saturated heterocycles. The number of nitrogens with one attached hydrogen (secondary N) is 1. The van der Waals surface area contributed by atoms with E-state index in [1.54, 1.807) is 0 Å². The lowest BCUT2D eigenvalue weighted by Gasteiger charge is -2.07. The third-order valence-corrected chi connectivity index (χ3v) is 2.79. The molecule has 102 valence electrons. The Labute approximate surface area is 107 Å². The molecule has 1 aromatic rings. The average Bonchev–Trinajstić information content (AvgIpc) is 3.11. The number of carboxylic acid groups (broad SMARTS) is 1. The molecular formula is C12H11F2NO4. The number of rotatable bonds is 5. The van der Waals surface area contributed by atoms with Crippen LogP contribution in [-0.2, 0) is 9.59 Å². The molecule has 0 aliphatic heterocycles. The van der Waals surface area contributed by atoms with Crippen molar-refractivity contribution in [3.8, 4) is 5.75 Å². The Morgan fingerprint density at radius 2 is 1.89 bits per heavy atom. The van der Waals surface area contributed by atoms with Gasteiger partial charge in [-0.25, -0.2) is 0 Å². The molecule has 1 aliphatic rings. The van der Waals surface area contributed by atoms with E-state index in [1.165, 1.54) is 24.3 Å². The molecule has 2 atom stereocenters. The van der Waals surface area contributed by atoms with Gasteiger partial charge in [-0.05, 0) is 30.7 Å². The molecule has 0 bridgehead atoms. The van der Waals surface area contributed by atoms with Crippen molar-refractivity contribution < 1.29 is 28.2 Å². The van der Waals surface area contributed by atoms with Gasteiger partial charge < -0.3 is 15.2 Å². The predicted molar refractivity (Wildman–Crippen MR) is 60.9 cm³/mol. The van der Waals surface area contributed by atoms with Crippen LogP contribution < -0.4 is 10.1 Å². The highest BCUT2D eigenvalue weighted by atomic mass is 19.3. The third-order valence-electron chi connectivity index (χ3n) is 2.79. The maximum absolute atomic E-state index is 11.9. The molecule has 1 fully saturated rings. The van der Waals surface area contributed by atoms with Crippen LogP contribution in [0.3, 0.4) is 0 Å². The number of hydrogen-bond acceptors (Lipinski definition) is 3. The molecule has 2 rings (SSSR count). The van der Waals surface area contributed by atoms with Crippen LogP contribution in [0.5, 0.6) is 5.75 Å². The summed E-state index contributed by atoms with van der Waals surface area (Å²) < 4.78 is 28.0. The lowest BCUT2D eigenvalue weighted by molar-refractivity contribution is -0.139. The van der Waals surface area contributed by atoms with Gasteiger partial charge in [0, 0.05) is 5.69 Å². The number of anilines is 1. The lowest BCUT2D eigenvalue weighted by Crippen LogP contribution is -2.16. The minimum atomic E-state index is -2.90. The Kier molecular flexibility index (Phi) is 3.64. The second kappa shape index (κ2) is 5.21. The first-order chi connectivity index (χ1) is 8.97. The number of alkyl halides is 2. The smallest absolute Gasteiger partial charge is 0.387 e. The monoisotopic (exact) mass is 271 g/mol. The van der Waals surface area contributed by atoms with Crippen molar-refractivity contribution >= 4 is 17.6 Å². The molecular weight excluding hydrogens is 260 g/mol. The zero-order valence-corrected chi connectivity index (χ0v) is 9.68. The molecule has 0 unspecified atom stereocenters. The third kappa shape index (κ3) is 3.40. The molecule has 1 aliphatic carbocycles. The largest absolute Gasteiger partial charge is 0.481 e. The van der Waals surface area contributed by atoms with Gasteiger partial charge in [-0.1, -0.05) is 0 Å². The fourth-order valence-electron chi connectivity index (χ4n) is 1.71. The number of amides is 1. The summed E-state index contributed by atoms with van der Waals surface area (Å²) in [5.41, 5.74) is 0.405. The molecule has 19 heavy (non-hydrogen) atoms. The summed E-state index contributed by atoms with van der Waals surface area (Å²) in [7, 11) is 0. The van der Waals surface area contributed by atoms with E-state index in [0.29, 0.717) is 12.1 Å². The Morgan fingerprint density at radius 3 is 2.37 bits per heavy atom. The van der Waals surface area contributed by atoms with Crippen LogP contribution in [0.15, 0.2) is 24.3 Å². The average molecular weight is 271 g/mol. The van der Waals surface area contributed by atoms with Crippen molar-refractivity contribution in [1.29, 1.82) is 0 Å². The fraction of sp³-hybridized carbons (Fsp3) is 0.333. The standard InChI is InChI=1S/C12H11F2NO4/c13-12(14)19-7-3-1-6(2-4-7)15-10(16)8-5-9(8)11(17)18/h1-4,8-9,12H,5H2,(H,15,16)(H,17,18)/t8-,9+/m1/s1. The van der Waals surface area contributed by atoms with Crippen LogP contribution >= 0.6 is 0 Å². The Hall–Kier alpha value is -2.18. The van der Waals surface area contributed by atoms with Gasteiger partial charge in [0.2, 0.25) is 5.91 Å². The van der Waals surface area contributed by atoms with Gasteiger partial charge in [-0.15, -0.1) is 0 Å². The van der Waals surface area contributed by atoms with E-state index in [9.17, 15) is 18.4 Å². The van der Waals surface area contributed by atoms with Gasteiger partial charge in [0.05, 0.1) is 11.8 Å². The lowest BCUT2D eigenvalue weighted by atomic mass is 10.2. The summed E-state index contributed by atoms with van der Waals surface area (Å²) in [5, 5.41) is 11.2. The number of carboxylic acids is 1. The Bertz CT molecular complexity index is 489. The predicted octanol–water partition coefficient (Wildman–Crippen LogP) is 1.95. The van der Waals surface area contributed by atoms with Gasteiger partial charge in [-0.2, -0.15) is 8.78 Å². The number of benzene rings is 1. The summed E-state index contributed by atoms with van der Waals surface area (Å²) in [6, 6.07) is 5.41. The second-order valence-electron chi connectivity index (χ2n) is 4.18. The minimum Gasteiger partial charge on any atom is -0.481 e. The quantitative estimate of drug-likeness (QED) is 0.858. The van der Waals surface area contributed by atoms with Crippen LogP contribution in [0.4, 0.5) is 14.5 Å². The number of carbonyl (C=O) groups excluding carboxylic acids is 1. The molecule has 0 heterocycles. The van der Waals surface area contributed by atoms with E-state index >= 15 is 0 Å². The van der Waals surface area contributed by atoms with Crippen molar-refractivity contribution in [1.82, 2.24) is 0 Å². The van der Waals surface area contributed by atoms with Crippen molar-refractivity contribution in [2.75, 3.05) is 5.32 Å². The van der Waals surface area contributed by atoms with Gasteiger partial charge in [-0.3, -0.25) is 9.59 Å². The van der Waals surface area contributed by atoms with Gasteiger partial charge in [0.15, 0.2) is 0 Å². The highest BCUT2D eigenvalue weighted by Gasteiger charge is 2.48. The highest BCUT2D eigenvalue weighted by Crippen LogP contribution is 2.39. The minimum absolute atomic E-state index is 0.0113. The molecule has 0 spiro atoms. The van der Waals surface area contributed by atoms with E-state index in [2.05, 4.69) is 10.1 Å². The van der Waals surface area contributed by atoms with Crippen LogP contribution in [0.25, 0.3) is 0 Å². The fourth-order valence-corrected chi connectivity index (χ4v) is 1.71. The maximum atomic E-state index is 11.9. The molecule has 1 aromatic carbocycles. The summed E-state index contributed by atoms with van der Waals surface area (Å²) in [6.45, 7) is -2.90. The Balaban J connectivity index is 1.90. The molecule has 7 heteroatoms. The van der Waals surface area contributed by atoms with Crippen LogP contribution in [0, 0.1) is 11.8 Å². The van der Waals surface area contributed by atoms with Gasteiger partial charge in [0.25, 0.3) is 0 Å². The zero-order chi connectivity index (χ0) is 14.0. The van der Waals surface area contributed by atoms with Gasteiger partial charge >= 0.3 is 12.6 Å². The normalized spacial score (nSPS) is 21.0. The molecule has 0 radical (unpaired) electrons. The number of ether oxygens (including phenoxy) is 1. The van der Waals surface area contributed by atoms with Crippen molar-refractivity contribution in [3.05, 3.63) is 24.3 Å². The molecule has 2 N–H and O–H groups in total. The maximum Gasteiger partial charge on any atom is 0.387 e. The molecule has 0 aromatic heterocycles. The molecule has 5 nitrogen and oxygen atoms in total. The number of halogens is 2. The first-order valence-corrected chi connectivity index (χ1v) is 5.56. The SMILES string of the molecule is O=C(O)[C@H]1C[C@H]1C(=O)Nc1ccc(OC(F)F)cc1. The molecule has 1 saturated carbocycles. The van der Waals surface area contributed by atoms with E-state index in [0.717, 1.165) is 0 Å². The number of hydrogen-bond donors (Lipinski definition) is 2. The van der Waals surface area contributed by atoms with E-state index in [1.807, 2.05) is 0 Å². The van der Waals surface area contributed by atoms with Crippen LogP contribution in [0.2, 0.25) is 0 Å². The summed E-state index contributed by atoms with van der Waals surface area (Å²) in [5.74, 6) is -2.52. The van der Waals surface area contributed by atoms with Crippen molar-refractivity contribution in [3.63, 3.8) is 0 Å².